The molecule has 3 aromatic rings. The maximum absolute atomic E-state index is 13.2. The van der Waals surface area contributed by atoms with Crippen LogP contribution in [0.5, 0.6) is 0 Å². The van der Waals surface area contributed by atoms with Crippen LogP contribution >= 0.6 is 7.82 Å². The fourth-order valence-electron chi connectivity index (χ4n) is 3.82. The number of benzene rings is 2. The zero-order chi connectivity index (χ0) is 30.4. The lowest BCUT2D eigenvalue weighted by atomic mass is 10.0. The number of carbonyl (C=O) groups is 1. The van der Waals surface area contributed by atoms with Gasteiger partial charge in [-0.05, 0) is 32.2 Å². The van der Waals surface area contributed by atoms with E-state index in [4.69, 9.17) is 24.3 Å². The molecule has 0 unspecified atom stereocenters. The van der Waals surface area contributed by atoms with Gasteiger partial charge < -0.3 is 24.9 Å². The van der Waals surface area contributed by atoms with E-state index in [2.05, 4.69) is 9.84 Å². The Morgan fingerprint density at radius 1 is 1.22 bits per heavy atom. The van der Waals surface area contributed by atoms with E-state index in [0.717, 1.165) is 21.0 Å². The van der Waals surface area contributed by atoms with Crippen LogP contribution in [0.4, 0.5) is 10.1 Å². The standard InChI is InChI=1S/C16H19NO3.C9H12FN2O8P/c1-4-19-20-15(18)16(2,3)17-14-11-7-9-12-8-5-6-10-13(12)14;10-4-2-12(9(15)11-8(4)14)7-1-5(13)6(20-7)3-19-21(16,17)18/h5-11,17H,4H2,1-3H3;2,5-7,13H,1,3H2,(H,11,14,15)(H2,16,17,18)/t;5-,6+,7+/m.0/s1. The van der Waals surface area contributed by atoms with E-state index in [1.807, 2.05) is 42.5 Å². The summed E-state index contributed by atoms with van der Waals surface area (Å²) in [6, 6.07) is 13.9. The fourth-order valence-corrected chi connectivity index (χ4v) is 4.16. The third-order valence-electron chi connectivity index (χ3n) is 5.85. The van der Waals surface area contributed by atoms with Crippen molar-refractivity contribution in [2.75, 3.05) is 18.5 Å². The van der Waals surface area contributed by atoms with Gasteiger partial charge in [0.2, 0.25) is 5.82 Å². The molecule has 14 nitrogen and oxygen atoms in total. The number of nitrogens with one attached hydrogen (secondary N) is 2. The van der Waals surface area contributed by atoms with Gasteiger partial charge in [-0.15, -0.1) is 0 Å². The van der Waals surface area contributed by atoms with Crippen molar-refractivity contribution in [3.05, 3.63) is 75.3 Å². The molecule has 4 rings (SSSR count). The van der Waals surface area contributed by atoms with Crippen LogP contribution in [0.1, 0.15) is 33.4 Å². The second-order valence-electron chi connectivity index (χ2n) is 9.42. The maximum atomic E-state index is 13.2. The molecule has 0 spiro atoms. The van der Waals surface area contributed by atoms with Crippen molar-refractivity contribution in [2.24, 2.45) is 0 Å². The summed E-state index contributed by atoms with van der Waals surface area (Å²) in [4.78, 5) is 62.7. The van der Waals surface area contributed by atoms with E-state index in [1.54, 1.807) is 25.8 Å². The van der Waals surface area contributed by atoms with E-state index < -0.39 is 61.4 Å². The minimum Gasteiger partial charge on any atom is -0.390 e. The van der Waals surface area contributed by atoms with Gasteiger partial charge in [-0.1, -0.05) is 36.4 Å². The normalized spacial score (nSPS) is 19.0. The minimum atomic E-state index is -4.73. The van der Waals surface area contributed by atoms with E-state index in [1.165, 1.54) is 0 Å². The van der Waals surface area contributed by atoms with Crippen LogP contribution in [0.3, 0.4) is 0 Å². The number of aromatic nitrogens is 2. The molecule has 1 aliphatic rings. The highest BCUT2D eigenvalue weighted by molar-refractivity contribution is 7.46. The zero-order valence-electron chi connectivity index (χ0n) is 22.4. The molecule has 2 heterocycles. The molecule has 0 bridgehead atoms. The van der Waals surface area contributed by atoms with Crippen molar-refractivity contribution in [1.29, 1.82) is 0 Å². The summed E-state index contributed by atoms with van der Waals surface area (Å²) >= 11 is 0. The van der Waals surface area contributed by atoms with E-state index in [9.17, 15) is 28.4 Å². The van der Waals surface area contributed by atoms with E-state index >= 15 is 0 Å². The number of hydrogen-bond donors (Lipinski definition) is 5. The summed E-state index contributed by atoms with van der Waals surface area (Å²) in [5.74, 6) is -1.66. The number of carbonyl (C=O) groups excluding carboxylic acids is 1. The maximum Gasteiger partial charge on any atom is 0.469 e. The number of H-pyrrole nitrogens is 1. The number of aliphatic hydroxyl groups excluding tert-OH is 1. The summed E-state index contributed by atoms with van der Waals surface area (Å²) in [6.07, 6.45) is -2.89. The molecular weight excluding hydrogens is 568 g/mol. The van der Waals surface area contributed by atoms with E-state index in [-0.39, 0.29) is 6.42 Å². The molecule has 0 amide bonds. The van der Waals surface area contributed by atoms with Gasteiger partial charge >= 0.3 is 19.5 Å². The van der Waals surface area contributed by atoms with Crippen LogP contribution in [0.15, 0.2) is 58.3 Å². The lowest BCUT2D eigenvalue weighted by Crippen LogP contribution is -2.41. The Labute approximate surface area is 232 Å². The van der Waals surface area contributed by atoms with Crippen molar-refractivity contribution < 1.29 is 47.7 Å². The first-order valence-corrected chi connectivity index (χ1v) is 13.9. The highest BCUT2D eigenvalue weighted by atomic mass is 31.2. The predicted octanol–water partition coefficient (Wildman–Crippen LogP) is 1.96. The molecule has 41 heavy (non-hydrogen) atoms. The number of ether oxygens (including phenoxy) is 1. The number of aliphatic hydroxyl groups is 1. The number of phosphoric acid groups is 1. The third kappa shape index (κ3) is 8.78. The summed E-state index contributed by atoms with van der Waals surface area (Å²) < 4.78 is 33.9. The first kappa shape index (κ1) is 32.1. The van der Waals surface area contributed by atoms with Crippen molar-refractivity contribution in [1.82, 2.24) is 9.55 Å². The molecule has 1 aliphatic heterocycles. The first-order chi connectivity index (χ1) is 19.2. The van der Waals surface area contributed by atoms with Gasteiger partial charge in [-0.3, -0.25) is 23.8 Å². The van der Waals surface area contributed by atoms with Gasteiger partial charge in [-0.2, -0.15) is 9.28 Å². The number of fused-ring (bicyclic) bond motifs is 1. The molecule has 0 saturated carbocycles. The topological polar surface area (TPSA) is 199 Å². The first-order valence-electron chi connectivity index (χ1n) is 12.4. The lowest BCUT2D eigenvalue weighted by molar-refractivity contribution is -0.272. The van der Waals surface area contributed by atoms with Gasteiger partial charge in [0.25, 0.3) is 5.56 Å². The number of hydrogen-bond acceptors (Lipinski definition) is 10. The summed E-state index contributed by atoms with van der Waals surface area (Å²) in [6.45, 7) is 5.00. The molecular formula is C25H31FN3O11P. The second kappa shape index (κ2) is 13.5. The molecule has 3 atom stereocenters. The molecule has 5 N–H and O–H groups in total. The van der Waals surface area contributed by atoms with Crippen LogP contribution in [0.25, 0.3) is 10.8 Å². The van der Waals surface area contributed by atoms with Crippen LogP contribution < -0.4 is 16.6 Å². The van der Waals surface area contributed by atoms with Gasteiger partial charge in [0, 0.05) is 17.5 Å². The van der Waals surface area contributed by atoms with Gasteiger partial charge in [0.05, 0.1) is 25.5 Å². The highest BCUT2D eigenvalue weighted by Gasteiger charge is 2.37. The fraction of sp³-hybridized carbons (Fsp3) is 0.400. The van der Waals surface area contributed by atoms with Crippen molar-refractivity contribution >= 4 is 30.3 Å². The van der Waals surface area contributed by atoms with Gasteiger partial charge in [0.1, 0.15) is 17.9 Å². The predicted molar refractivity (Wildman–Crippen MR) is 143 cm³/mol. The van der Waals surface area contributed by atoms with Crippen molar-refractivity contribution in [2.45, 2.75) is 51.2 Å². The van der Waals surface area contributed by atoms with E-state index in [0.29, 0.717) is 12.8 Å². The Hall–Kier alpha value is -3.43. The molecule has 1 fully saturated rings. The zero-order valence-corrected chi connectivity index (χ0v) is 23.2. The smallest absolute Gasteiger partial charge is 0.390 e. The summed E-state index contributed by atoms with van der Waals surface area (Å²) in [7, 11) is -4.73. The quantitative estimate of drug-likeness (QED) is 0.136. The number of nitrogens with zero attached hydrogens (tertiary/aromatic N) is 1. The van der Waals surface area contributed by atoms with Gasteiger partial charge in [-0.25, -0.2) is 14.2 Å². The highest BCUT2D eigenvalue weighted by Crippen LogP contribution is 2.38. The Morgan fingerprint density at radius 3 is 2.59 bits per heavy atom. The monoisotopic (exact) mass is 599 g/mol. The second-order valence-corrected chi connectivity index (χ2v) is 10.7. The SMILES string of the molecule is CCOOC(=O)C(C)(C)Nc1cccc2ccccc12.O=c1[nH]c(=O)n([C@H]2C[C@H](O)[C@@H](COP(=O)(O)O)O2)cc1F. The average molecular weight is 600 g/mol. The molecule has 0 radical (unpaired) electrons. The van der Waals surface area contributed by atoms with Crippen molar-refractivity contribution in [3.63, 3.8) is 0 Å². The number of rotatable bonds is 9. The molecule has 16 heteroatoms. The number of anilines is 1. The largest absolute Gasteiger partial charge is 0.469 e. The average Bonchev–Trinajstić information content (AvgIpc) is 3.28. The van der Waals surface area contributed by atoms with Crippen molar-refractivity contribution in [3.8, 4) is 0 Å². The number of aromatic amines is 1. The summed E-state index contributed by atoms with van der Waals surface area (Å²) in [5.41, 5.74) is -2.10. The Balaban J connectivity index is 0.000000226. The van der Waals surface area contributed by atoms with Crippen LogP contribution in [-0.4, -0.2) is 61.4 Å². The molecule has 224 valence electrons. The molecule has 0 aliphatic carbocycles. The minimum absolute atomic E-state index is 0.138. The molecule has 2 aromatic carbocycles. The molecule has 1 saturated heterocycles. The Bertz CT molecular complexity index is 1520. The molecule has 1 aromatic heterocycles. The third-order valence-corrected chi connectivity index (χ3v) is 6.33. The van der Waals surface area contributed by atoms with Crippen LogP contribution in [0.2, 0.25) is 0 Å². The van der Waals surface area contributed by atoms with Crippen LogP contribution in [0, 0.1) is 5.82 Å². The van der Waals surface area contributed by atoms with Crippen LogP contribution in [-0.2, 0) is 28.4 Å². The Kier molecular flexibility index (Phi) is 10.6. The number of phosphoric ester groups is 1. The lowest BCUT2D eigenvalue weighted by Gasteiger charge is -2.25. The summed E-state index contributed by atoms with van der Waals surface area (Å²) in [5, 5.41) is 15.1. The Morgan fingerprint density at radius 2 is 1.90 bits per heavy atom. The van der Waals surface area contributed by atoms with Gasteiger partial charge in [0.15, 0.2) is 0 Å². The number of halogens is 1.